The van der Waals surface area contributed by atoms with Crippen molar-refractivity contribution in [1.29, 1.82) is 0 Å². The number of aliphatic carboxylic acids is 1. The molecule has 1 N–H and O–H groups in total. The predicted octanol–water partition coefficient (Wildman–Crippen LogP) is 1.67. The molecule has 0 aliphatic rings. The first kappa shape index (κ1) is 9.45. The smallest absolute Gasteiger partial charge is 0.328 e. The second-order valence-corrected chi connectivity index (χ2v) is 3.29. The number of carbonyl (C=O) groups is 1. The van der Waals surface area contributed by atoms with Crippen LogP contribution in [0.3, 0.4) is 0 Å². The van der Waals surface area contributed by atoms with E-state index in [0.717, 1.165) is 22.5 Å². The van der Waals surface area contributed by atoms with E-state index in [1.54, 1.807) is 10.8 Å². The van der Waals surface area contributed by atoms with Crippen molar-refractivity contribution < 1.29 is 9.90 Å². The monoisotopic (exact) mass is 202 g/mol. The molecular weight excluding hydrogens is 192 g/mol. The van der Waals surface area contributed by atoms with Crippen LogP contribution in [0.25, 0.3) is 17.0 Å². The molecule has 4 heteroatoms. The van der Waals surface area contributed by atoms with E-state index in [4.69, 9.17) is 5.11 Å². The number of carboxylic acids is 1. The van der Waals surface area contributed by atoms with Crippen LogP contribution in [0.1, 0.15) is 5.56 Å². The van der Waals surface area contributed by atoms with Gasteiger partial charge in [-0.15, -0.1) is 0 Å². The first-order valence-corrected chi connectivity index (χ1v) is 4.49. The van der Waals surface area contributed by atoms with Gasteiger partial charge in [0.25, 0.3) is 0 Å². The number of aromatic nitrogens is 2. The first-order valence-electron chi connectivity index (χ1n) is 4.49. The van der Waals surface area contributed by atoms with Crippen molar-refractivity contribution >= 4 is 22.9 Å². The van der Waals surface area contributed by atoms with Gasteiger partial charge in [0.2, 0.25) is 0 Å². The summed E-state index contributed by atoms with van der Waals surface area (Å²) in [5, 5.41) is 13.7. The summed E-state index contributed by atoms with van der Waals surface area (Å²) in [4.78, 5) is 10.3. The molecule has 0 saturated heterocycles. The number of aryl methyl sites for hydroxylation is 1. The van der Waals surface area contributed by atoms with Crippen LogP contribution in [0.2, 0.25) is 0 Å². The van der Waals surface area contributed by atoms with Gasteiger partial charge >= 0.3 is 5.97 Å². The topological polar surface area (TPSA) is 55.1 Å². The highest BCUT2D eigenvalue weighted by molar-refractivity contribution is 5.87. The second-order valence-electron chi connectivity index (χ2n) is 3.29. The van der Waals surface area contributed by atoms with E-state index in [-0.39, 0.29) is 0 Å². The molecule has 76 valence electrons. The molecule has 0 amide bonds. The molecule has 0 unspecified atom stereocenters. The highest BCUT2D eigenvalue weighted by Crippen LogP contribution is 2.14. The molecule has 1 heterocycles. The van der Waals surface area contributed by atoms with Crippen LogP contribution in [-0.2, 0) is 11.8 Å². The molecule has 1 aromatic carbocycles. The van der Waals surface area contributed by atoms with Crippen molar-refractivity contribution in [3.05, 3.63) is 36.0 Å². The number of hydrogen-bond acceptors (Lipinski definition) is 2. The largest absolute Gasteiger partial charge is 0.478 e. The van der Waals surface area contributed by atoms with Crippen molar-refractivity contribution in [3.8, 4) is 0 Å². The summed E-state index contributed by atoms with van der Waals surface area (Å²) in [5.74, 6) is -0.943. The fourth-order valence-electron chi connectivity index (χ4n) is 1.44. The van der Waals surface area contributed by atoms with Gasteiger partial charge in [-0.05, 0) is 23.8 Å². The molecule has 0 saturated carbocycles. The van der Waals surface area contributed by atoms with Crippen LogP contribution in [-0.4, -0.2) is 20.9 Å². The van der Waals surface area contributed by atoms with Crippen molar-refractivity contribution in [2.45, 2.75) is 0 Å². The molecule has 0 radical (unpaired) electrons. The summed E-state index contributed by atoms with van der Waals surface area (Å²) < 4.78 is 1.73. The predicted molar refractivity (Wildman–Crippen MR) is 57.4 cm³/mol. The van der Waals surface area contributed by atoms with Gasteiger partial charge in [-0.3, -0.25) is 4.68 Å². The van der Waals surface area contributed by atoms with Gasteiger partial charge in [0, 0.05) is 24.7 Å². The standard InChI is InChI=1S/C11H10N2O2/c1-13-7-9-6-8(3-5-11(14)15)2-4-10(9)12-13/h2-7H,1H3,(H,14,15)/b5-3+. The summed E-state index contributed by atoms with van der Waals surface area (Å²) in [6.45, 7) is 0. The van der Waals surface area contributed by atoms with E-state index in [0.29, 0.717) is 0 Å². The quantitative estimate of drug-likeness (QED) is 0.753. The van der Waals surface area contributed by atoms with Crippen LogP contribution in [0.15, 0.2) is 30.5 Å². The van der Waals surface area contributed by atoms with Gasteiger partial charge in [-0.1, -0.05) is 6.07 Å². The molecule has 4 nitrogen and oxygen atoms in total. The SMILES string of the molecule is Cn1cc2cc(/C=C/C(=O)O)ccc2n1. The van der Waals surface area contributed by atoms with Crippen molar-refractivity contribution in [2.24, 2.45) is 7.05 Å². The second kappa shape index (κ2) is 3.57. The lowest BCUT2D eigenvalue weighted by Crippen LogP contribution is -1.85. The molecule has 1 aromatic heterocycles. The third kappa shape index (κ3) is 2.04. The van der Waals surface area contributed by atoms with E-state index < -0.39 is 5.97 Å². The Hall–Kier alpha value is -2.10. The average molecular weight is 202 g/mol. The maximum atomic E-state index is 10.3. The van der Waals surface area contributed by atoms with Crippen molar-refractivity contribution in [1.82, 2.24) is 9.78 Å². The zero-order valence-corrected chi connectivity index (χ0v) is 8.21. The molecular formula is C11H10N2O2. The number of nitrogens with zero attached hydrogens (tertiary/aromatic N) is 2. The van der Waals surface area contributed by atoms with E-state index in [1.165, 1.54) is 0 Å². The van der Waals surface area contributed by atoms with Crippen LogP contribution in [0.5, 0.6) is 0 Å². The zero-order valence-electron chi connectivity index (χ0n) is 8.21. The van der Waals surface area contributed by atoms with Gasteiger partial charge in [-0.25, -0.2) is 4.79 Å². The minimum Gasteiger partial charge on any atom is -0.478 e. The molecule has 0 spiro atoms. The van der Waals surface area contributed by atoms with Gasteiger partial charge < -0.3 is 5.11 Å². The average Bonchev–Trinajstić information content (AvgIpc) is 2.53. The summed E-state index contributed by atoms with van der Waals surface area (Å²) in [6, 6.07) is 5.62. The number of hydrogen-bond donors (Lipinski definition) is 1. The Kier molecular flexibility index (Phi) is 2.25. The highest BCUT2D eigenvalue weighted by Gasteiger charge is 1.98. The number of fused-ring (bicyclic) bond motifs is 1. The maximum Gasteiger partial charge on any atom is 0.328 e. The van der Waals surface area contributed by atoms with Crippen molar-refractivity contribution in [2.75, 3.05) is 0 Å². The van der Waals surface area contributed by atoms with Crippen LogP contribution < -0.4 is 0 Å². The zero-order chi connectivity index (χ0) is 10.8. The van der Waals surface area contributed by atoms with Gasteiger partial charge in [0.15, 0.2) is 0 Å². The van der Waals surface area contributed by atoms with Crippen molar-refractivity contribution in [3.63, 3.8) is 0 Å². The molecule has 0 aliphatic carbocycles. The van der Waals surface area contributed by atoms with Crippen LogP contribution in [0.4, 0.5) is 0 Å². The third-order valence-corrected chi connectivity index (χ3v) is 2.06. The fourth-order valence-corrected chi connectivity index (χ4v) is 1.44. The normalized spacial score (nSPS) is 11.3. The lowest BCUT2D eigenvalue weighted by atomic mass is 10.1. The Morgan fingerprint density at radius 3 is 3.07 bits per heavy atom. The Labute approximate surface area is 86.4 Å². The molecule has 15 heavy (non-hydrogen) atoms. The lowest BCUT2D eigenvalue weighted by Gasteiger charge is -1.91. The van der Waals surface area contributed by atoms with Crippen LogP contribution >= 0.6 is 0 Å². The first-order chi connectivity index (χ1) is 7.15. The Morgan fingerprint density at radius 1 is 1.53 bits per heavy atom. The molecule has 0 atom stereocenters. The minimum absolute atomic E-state index is 0.859. The molecule has 0 fully saturated rings. The maximum absolute atomic E-state index is 10.3. The fraction of sp³-hybridized carbons (Fsp3) is 0.0909. The van der Waals surface area contributed by atoms with E-state index >= 15 is 0 Å². The van der Waals surface area contributed by atoms with Crippen LogP contribution in [0, 0.1) is 0 Å². The van der Waals surface area contributed by atoms with E-state index in [1.807, 2.05) is 31.4 Å². The molecule has 0 bridgehead atoms. The number of carboxylic acid groups (broad SMARTS) is 1. The Bertz CT molecular complexity index is 541. The summed E-state index contributed by atoms with van der Waals surface area (Å²) in [5.41, 5.74) is 1.77. The van der Waals surface area contributed by atoms with Gasteiger partial charge in [0.1, 0.15) is 0 Å². The minimum atomic E-state index is -0.943. The highest BCUT2D eigenvalue weighted by atomic mass is 16.4. The lowest BCUT2D eigenvalue weighted by molar-refractivity contribution is -0.131. The Balaban J connectivity index is 2.42. The number of rotatable bonds is 2. The molecule has 0 aliphatic heterocycles. The third-order valence-electron chi connectivity index (χ3n) is 2.06. The van der Waals surface area contributed by atoms with E-state index in [2.05, 4.69) is 5.10 Å². The number of benzene rings is 1. The summed E-state index contributed by atoms with van der Waals surface area (Å²) in [6.07, 6.45) is 4.58. The van der Waals surface area contributed by atoms with Gasteiger partial charge in [0.05, 0.1) is 5.52 Å². The van der Waals surface area contributed by atoms with E-state index in [9.17, 15) is 4.79 Å². The van der Waals surface area contributed by atoms with Gasteiger partial charge in [-0.2, -0.15) is 5.10 Å². The Morgan fingerprint density at radius 2 is 2.33 bits per heavy atom. The summed E-state index contributed by atoms with van der Waals surface area (Å²) >= 11 is 0. The summed E-state index contributed by atoms with van der Waals surface area (Å²) in [7, 11) is 1.85. The molecule has 2 rings (SSSR count). The molecule has 2 aromatic rings.